The van der Waals surface area contributed by atoms with Gasteiger partial charge in [0.1, 0.15) is 5.76 Å². The SMILES string of the molecule is N#CC[C@@H](N)C1=C(O)CN=C1. The van der Waals surface area contributed by atoms with E-state index in [2.05, 4.69) is 4.99 Å². The van der Waals surface area contributed by atoms with Crippen molar-refractivity contribution < 1.29 is 5.11 Å². The van der Waals surface area contributed by atoms with Gasteiger partial charge < -0.3 is 10.8 Å². The topological polar surface area (TPSA) is 82.4 Å². The van der Waals surface area contributed by atoms with Crippen LogP contribution in [0.5, 0.6) is 0 Å². The van der Waals surface area contributed by atoms with Crippen molar-refractivity contribution in [3.63, 3.8) is 0 Å². The first kappa shape index (κ1) is 7.76. The van der Waals surface area contributed by atoms with Crippen molar-refractivity contribution in [1.29, 1.82) is 5.26 Å². The highest BCUT2D eigenvalue weighted by molar-refractivity contribution is 5.83. The van der Waals surface area contributed by atoms with E-state index in [1.165, 1.54) is 6.21 Å². The van der Waals surface area contributed by atoms with E-state index in [0.717, 1.165) is 0 Å². The summed E-state index contributed by atoms with van der Waals surface area (Å²) < 4.78 is 0. The van der Waals surface area contributed by atoms with Crippen LogP contribution in [-0.2, 0) is 0 Å². The van der Waals surface area contributed by atoms with Crippen LogP contribution in [0, 0.1) is 11.3 Å². The first-order chi connectivity index (χ1) is 5.25. The van der Waals surface area contributed by atoms with Crippen molar-refractivity contribution in [3.8, 4) is 6.07 Å². The molecule has 0 aliphatic carbocycles. The minimum atomic E-state index is -0.397. The maximum Gasteiger partial charge on any atom is 0.120 e. The molecule has 3 N–H and O–H groups in total. The summed E-state index contributed by atoms with van der Waals surface area (Å²) in [6, 6.07) is 1.54. The molecule has 0 aromatic heterocycles. The zero-order valence-corrected chi connectivity index (χ0v) is 5.99. The van der Waals surface area contributed by atoms with Crippen LogP contribution in [0.1, 0.15) is 6.42 Å². The molecule has 0 amide bonds. The molecule has 1 aliphatic rings. The fourth-order valence-electron chi connectivity index (χ4n) is 0.914. The summed E-state index contributed by atoms with van der Waals surface area (Å²) in [5.74, 6) is 0.188. The number of aliphatic hydroxyl groups excluding tert-OH is 1. The van der Waals surface area contributed by atoms with E-state index in [-0.39, 0.29) is 12.2 Å². The van der Waals surface area contributed by atoms with Crippen LogP contribution < -0.4 is 5.73 Å². The molecule has 0 saturated heterocycles. The zero-order chi connectivity index (χ0) is 8.27. The molecule has 58 valence electrons. The van der Waals surface area contributed by atoms with Crippen LogP contribution in [0.3, 0.4) is 0 Å². The molecule has 0 aromatic carbocycles. The monoisotopic (exact) mass is 151 g/mol. The average Bonchev–Trinajstić information content (AvgIpc) is 2.36. The van der Waals surface area contributed by atoms with E-state index >= 15 is 0 Å². The van der Waals surface area contributed by atoms with Crippen molar-refractivity contribution in [2.24, 2.45) is 10.7 Å². The van der Waals surface area contributed by atoms with Crippen LogP contribution in [0.25, 0.3) is 0 Å². The molecule has 1 rings (SSSR count). The molecule has 1 atom stereocenters. The lowest BCUT2D eigenvalue weighted by molar-refractivity contribution is 0.400. The summed E-state index contributed by atoms with van der Waals surface area (Å²) in [5.41, 5.74) is 6.14. The van der Waals surface area contributed by atoms with Gasteiger partial charge in [0.2, 0.25) is 0 Å². The number of aliphatic hydroxyl groups is 1. The zero-order valence-electron chi connectivity index (χ0n) is 5.99. The van der Waals surface area contributed by atoms with Gasteiger partial charge in [0.15, 0.2) is 0 Å². The Morgan fingerprint density at radius 2 is 2.64 bits per heavy atom. The van der Waals surface area contributed by atoms with E-state index in [1.807, 2.05) is 6.07 Å². The van der Waals surface area contributed by atoms with Gasteiger partial charge in [0.05, 0.1) is 19.0 Å². The molecule has 0 spiro atoms. The van der Waals surface area contributed by atoms with E-state index in [0.29, 0.717) is 12.1 Å². The third-order valence-electron chi connectivity index (χ3n) is 1.52. The highest BCUT2D eigenvalue weighted by Gasteiger charge is 2.15. The normalized spacial score (nSPS) is 18.5. The van der Waals surface area contributed by atoms with Gasteiger partial charge in [0.25, 0.3) is 0 Å². The molecule has 4 nitrogen and oxygen atoms in total. The first-order valence-electron chi connectivity index (χ1n) is 3.30. The minimum Gasteiger partial charge on any atom is -0.510 e. The maximum atomic E-state index is 9.15. The third-order valence-corrected chi connectivity index (χ3v) is 1.52. The predicted molar refractivity (Wildman–Crippen MR) is 41.2 cm³/mol. The van der Waals surface area contributed by atoms with E-state index in [4.69, 9.17) is 16.1 Å². The first-order valence-corrected chi connectivity index (χ1v) is 3.30. The number of rotatable bonds is 2. The van der Waals surface area contributed by atoms with Gasteiger partial charge in [-0.3, -0.25) is 4.99 Å². The summed E-state index contributed by atoms with van der Waals surface area (Å²) in [6.45, 7) is 0.300. The lowest BCUT2D eigenvalue weighted by Crippen LogP contribution is -2.23. The summed E-state index contributed by atoms with van der Waals surface area (Å²) in [4.78, 5) is 3.81. The Morgan fingerprint density at radius 3 is 3.09 bits per heavy atom. The number of nitrogens with two attached hydrogens (primary N) is 1. The standard InChI is InChI=1S/C7H9N3O/c8-2-1-6(9)5-3-10-4-7(5)11/h3,6,11H,1,4,9H2/t6-/m1/s1. The molecule has 1 heterocycles. The molecule has 11 heavy (non-hydrogen) atoms. The van der Waals surface area contributed by atoms with Gasteiger partial charge in [-0.25, -0.2) is 0 Å². The largest absolute Gasteiger partial charge is 0.510 e. The Hall–Kier alpha value is -1.34. The highest BCUT2D eigenvalue weighted by Crippen LogP contribution is 2.11. The van der Waals surface area contributed by atoms with Crippen LogP contribution in [-0.4, -0.2) is 23.9 Å². The molecule has 0 saturated carbocycles. The summed E-state index contributed by atoms with van der Waals surface area (Å²) >= 11 is 0. The molecule has 0 fully saturated rings. The predicted octanol–water partition coefficient (Wildman–Crippen LogP) is 0.124. The number of nitriles is 1. The van der Waals surface area contributed by atoms with Crippen molar-refractivity contribution in [2.75, 3.05) is 6.54 Å². The summed E-state index contributed by atoms with van der Waals surface area (Å²) in [7, 11) is 0. The highest BCUT2D eigenvalue weighted by atomic mass is 16.3. The number of hydrogen-bond acceptors (Lipinski definition) is 4. The van der Waals surface area contributed by atoms with E-state index < -0.39 is 6.04 Å². The number of hydrogen-bond donors (Lipinski definition) is 2. The lowest BCUT2D eigenvalue weighted by atomic mass is 10.1. The second-order valence-electron chi connectivity index (χ2n) is 2.34. The van der Waals surface area contributed by atoms with Crippen LogP contribution in [0.4, 0.5) is 0 Å². The van der Waals surface area contributed by atoms with Gasteiger partial charge in [0, 0.05) is 17.8 Å². The van der Waals surface area contributed by atoms with E-state index in [1.54, 1.807) is 0 Å². The Bertz CT molecular complexity index is 249. The van der Waals surface area contributed by atoms with Crippen LogP contribution >= 0.6 is 0 Å². The van der Waals surface area contributed by atoms with Gasteiger partial charge in [-0.15, -0.1) is 0 Å². The van der Waals surface area contributed by atoms with Crippen molar-refractivity contribution in [3.05, 3.63) is 11.3 Å². The van der Waals surface area contributed by atoms with Gasteiger partial charge in [-0.2, -0.15) is 5.26 Å². The molecular formula is C7H9N3O. The average molecular weight is 151 g/mol. The summed E-state index contributed by atoms with van der Waals surface area (Å²) in [5, 5.41) is 17.5. The fraction of sp³-hybridized carbons (Fsp3) is 0.429. The van der Waals surface area contributed by atoms with Crippen molar-refractivity contribution in [2.45, 2.75) is 12.5 Å². The third kappa shape index (κ3) is 1.57. The van der Waals surface area contributed by atoms with Gasteiger partial charge in [-0.05, 0) is 0 Å². The Morgan fingerprint density at radius 1 is 1.91 bits per heavy atom. The molecular weight excluding hydrogens is 142 g/mol. The fourth-order valence-corrected chi connectivity index (χ4v) is 0.914. The Balaban J connectivity index is 2.67. The molecule has 0 radical (unpaired) electrons. The number of aliphatic imine (C=N–C) groups is 1. The smallest absolute Gasteiger partial charge is 0.120 e. The van der Waals surface area contributed by atoms with Crippen molar-refractivity contribution >= 4 is 6.21 Å². The lowest BCUT2D eigenvalue weighted by Gasteiger charge is -2.05. The molecule has 1 aliphatic heterocycles. The summed E-state index contributed by atoms with van der Waals surface area (Å²) in [6.07, 6.45) is 1.74. The maximum absolute atomic E-state index is 9.15. The Labute approximate surface area is 64.7 Å². The molecule has 0 unspecified atom stereocenters. The molecule has 4 heteroatoms. The minimum absolute atomic E-state index is 0.188. The molecule has 0 bridgehead atoms. The van der Waals surface area contributed by atoms with Crippen molar-refractivity contribution in [1.82, 2.24) is 0 Å². The molecule has 0 aromatic rings. The number of nitrogens with zero attached hydrogens (tertiary/aromatic N) is 2. The quantitative estimate of drug-likeness (QED) is 0.588. The van der Waals surface area contributed by atoms with Crippen LogP contribution in [0.2, 0.25) is 0 Å². The Kier molecular flexibility index (Phi) is 2.24. The second kappa shape index (κ2) is 3.17. The van der Waals surface area contributed by atoms with E-state index in [9.17, 15) is 0 Å². The van der Waals surface area contributed by atoms with Gasteiger partial charge in [-0.1, -0.05) is 0 Å². The van der Waals surface area contributed by atoms with Crippen LogP contribution in [0.15, 0.2) is 16.3 Å². The second-order valence-corrected chi connectivity index (χ2v) is 2.34. The van der Waals surface area contributed by atoms with Gasteiger partial charge >= 0.3 is 0 Å².